The summed E-state index contributed by atoms with van der Waals surface area (Å²) >= 11 is 0. The van der Waals surface area contributed by atoms with Gasteiger partial charge < -0.3 is 5.84 Å². The van der Waals surface area contributed by atoms with Crippen molar-refractivity contribution >= 4 is 12.2 Å². The SMILES string of the molecule is C/C=N/N/C(=N/N)NN.CC. The first-order valence-corrected chi connectivity index (χ1v) is 3.33. The van der Waals surface area contributed by atoms with Crippen molar-refractivity contribution in [3.05, 3.63) is 0 Å². The zero-order valence-corrected chi connectivity index (χ0v) is 7.13. The highest BCUT2D eigenvalue weighted by Gasteiger charge is 1.85. The van der Waals surface area contributed by atoms with Gasteiger partial charge in [0.1, 0.15) is 0 Å². The molecule has 0 bridgehead atoms. The highest BCUT2D eigenvalue weighted by Crippen LogP contribution is 1.57. The van der Waals surface area contributed by atoms with Crippen LogP contribution in [0.2, 0.25) is 0 Å². The average Bonchev–Trinajstić information content (AvgIpc) is 2.10. The number of guanidine groups is 1. The van der Waals surface area contributed by atoms with Crippen molar-refractivity contribution in [3.63, 3.8) is 0 Å². The van der Waals surface area contributed by atoms with Gasteiger partial charge in [-0.1, -0.05) is 13.8 Å². The molecular weight excluding hydrogens is 144 g/mol. The molecule has 0 atom stereocenters. The van der Waals surface area contributed by atoms with Crippen LogP contribution in [0, 0.1) is 0 Å². The van der Waals surface area contributed by atoms with Crippen molar-refractivity contribution in [2.45, 2.75) is 20.8 Å². The second-order valence-electron chi connectivity index (χ2n) is 1.12. The van der Waals surface area contributed by atoms with Gasteiger partial charge in [-0.15, -0.1) is 5.10 Å². The fourth-order valence-electron chi connectivity index (χ4n) is 0.224. The Morgan fingerprint density at radius 2 is 2.00 bits per heavy atom. The molecule has 6 heteroatoms. The molecule has 0 unspecified atom stereocenters. The van der Waals surface area contributed by atoms with E-state index < -0.39 is 0 Å². The molecule has 0 spiro atoms. The topological polar surface area (TPSA) is 101 Å². The van der Waals surface area contributed by atoms with E-state index in [1.165, 1.54) is 0 Å². The first kappa shape index (κ1) is 12.4. The fourth-order valence-corrected chi connectivity index (χ4v) is 0.224. The van der Waals surface area contributed by atoms with Crippen LogP contribution in [-0.4, -0.2) is 12.2 Å². The lowest BCUT2D eigenvalue weighted by Gasteiger charge is -1.99. The van der Waals surface area contributed by atoms with Gasteiger partial charge in [0.25, 0.3) is 0 Å². The van der Waals surface area contributed by atoms with Crippen LogP contribution in [0.1, 0.15) is 20.8 Å². The molecule has 0 fully saturated rings. The standard InChI is InChI=1S/C3H10N6.C2H6/c1-2-6-9-3(7-4)8-5;1-2/h2H,4-5H2,1H3,(H2,7,8,9);1-2H3/b6-2+;. The van der Waals surface area contributed by atoms with E-state index >= 15 is 0 Å². The molecule has 0 aliphatic heterocycles. The Balaban J connectivity index is 0. The van der Waals surface area contributed by atoms with E-state index in [1.54, 1.807) is 13.1 Å². The molecule has 0 radical (unpaired) electrons. The van der Waals surface area contributed by atoms with Crippen LogP contribution in [0.25, 0.3) is 0 Å². The predicted octanol–water partition coefficient (Wildman–Crippen LogP) is -0.699. The monoisotopic (exact) mass is 160 g/mol. The third-order valence-corrected chi connectivity index (χ3v) is 0.565. The van der Waals surface area contributed by atoms with Crippen LogP contribution >= 0.6 is 0 Å². The van der Waals surface area contributed by atoms with Gasteiger partial charge >= 0.3 is 0 Å². The molecule has 66 valence electrons. The normalized spacial score (nSPS) is 10.4. The summed E-state index contributed by atoms with van der Waals surface area (Å²) in [6.45, 7) is 5.75. The quantitative estimate of drug-likeness (QED) is 0.176. The molecule has 6 N–H and O–H groups in total. The molecule has 11 heavy (non-hydrogen) atoms. The minimum absolute atomic E-state index is 0.216. The first-order chi connectivity index (χ1) is 5.35. The maximum absolute atomic E-state index is 4.93. The number of nitrogens with two attached hydrogens (primary N) is 2. The van der Waals surface area contributed by atoms with Crippen molar-refractivity contribution in [2.24, 2.45) is 21.9 Å². The van der Waals surface area contributed by atoms with Crippen LogP contribution in [0.4, 0.5) is 0 Å². The maximum Gasteiger partial charge on any atom is 0.248 e. The van der Waals surface area contributed by atoms with Crippen LogP contribution < -0.4 is 22.5 Å². The summed E-state index contributed by atoms with van der Waals surface area (Å²) in [4.78, 5) is 0. The van der Waals surface area contributed by atoms with Gasteiger partial charge in [0.05, 0.1) is 0 Å². The number of hydrazine groups is 1. The third-order valence-electron chi connectivity index (χ3n) is 0.565. The lowest BCUT2D eigenvalue weighted by atomic mass is 10.9. The smallest absolute Gasteiger partial charge is 0.248 e. The molecule has 0 aromatic rings. The third kappa shape index (κ3) is 8.70. The van der Waals surface area contributed by atoms with Crippen molar-refractivity contribution in [1.82, 2.24) is 10.9 Å². The highest BCUT2D eigenvalue weighted by molar-refractivity contribution is 5.79. The van der Waals surface area contributed by atoms with E-state index in [1.807, 2.05) is 13.8 Å². The molecule has 0 saturated heterocycles. The van der Waals surface area contributed by atoms with Gasteiger partial charge in [0, 0.05) is 6.21 Å². The Morgan fingerprint density at radius 3 is 2.27 bits per heavy atom. The van der Waals surface area contributed by atoms with E-state index in [2.05, 4.69) is 21.1 Å². The van der Waals surface area contributed by atoms with Crippen molar-refractivity contribution in [3.8, 4) is 0 Å². The maximum atomic E-state index is 4.93. The lowest BCUT2D eigenvalue weighted by Crippen LogP contribution is -2.39. The van der Waals surface area contributed by atoms with Crippen molar-refractivity contribution in [2.75, 3.05) is 0 Å². The number of rotatable bonds is 1. The highest BCUT2D eigenvalue weighted by atomic mass is 15.5. The zero-order valence-electron chi connectivity index (χ0n) is 7.13. The predicted molar refractivity (Wildman–Crippen MR) is 47.6 cm³/mol. The number of hydrogen-bond acceptors (Lipinski definition) is 4. The van der Waals surface area contributed by atoms with Crippen molar-refractivity contribution in [1.29, 1.82) is 0 Å². The largest absolute Gasteiger partial charge is 0.320 e. The molecule has 0 heterocycles. The second kappa shape index (κ2) is 11.5. The molecular formula is C5H16N6. The average molecular weight is 160 g/mol. The number of nitrogens with zero attached hydrogens (tertiary/aromatic N) is 2. The molecule has 0 aromatic heterocycles. The van der Waals surface area contributed by atoms with Crippen LogP contribution in [0.5, 0.6) is 0 Å². The summed E-state index contributed by atoms with van der Waals surface area (Å²) < 4.78 is 0. The van der Waals surface area contributed by atoms with Gasteiger partial charge in [-0.2, -0.15) is 5.10 Å². The molecule has 0 rings (SSSR count). The minimum Gasteiger partial charge on any atom is -0.320 e. The Bertz CT molecular complexity index is 118. The van der Waals surface area contributed by atoms with Crippen LogP contribution in [0.3, 0.4) is 0 Å². The summed E-state index contributed by atoms with van der Waals surface area (Å²) in [6.07, 6.45) is 1.54. The summed E-state index contributed by atoms with van der Waals surface area (Å²) in [5.74, 6) is 9.98. The van der Waals surface area contributed by atoms with E-state index in [4.69, 9.17) is 11.7 Å². The van der Waals surface area contributed by atoms with E-state index in [-0.39, 0.29) is 5.96 Å². The van der Waals surface area contributed by atoms with E-state index in [9.17, 15) is 0 Å². The summed E-state index contributed by atoms with van der Waals surface area (Å²) in [5, 5.41) is 6.79. The molecule has 0 aliphatic carbocycles. The van der Waals surface area contributed by atoms with Crippen LogP contribution in [0.15, 0.2) is 10.2 Å². The molecule has 0 amide bonds. The minimum atomic E-state index is 0.216. The number of hydrogen-bond donors (Lipinski definition) is 4. The number of hydrazone groups is 2. The molecule has 0 saturated carbocycles. The fraction of sp³-hybridized carbons (Fsp3) is 0.600. The summed E-state index contributed by atoms with van der Waals surface area (Å²) in [5.41, 5.74) is 4.61. The van der Waals surface area contributed by atoms with E-state index in [0.29, 0.717) is 0 Å². The van der Waals surface area contributed by atoms with Gasteiger partial charge in [-0.25, -0.2) is 11.3 Å². The van der Waals surface area contributed by atoms with Gasteiger partial charge in [-0.05, 0) is 6.92 Å². The lowest BCUT2D eigenvalue weighted by molar-refractivity contribution is 0.885. The van der Waals surface area contributed by atoms with Crippen molar-refractivity contribution < 1.29 is 0 Å². The van der Waals surface area contributed by atoms with Gasteiger partial charge in [0.15, 0.2) is 0 Å². The zero-order chi connectivity index (χ0) is 9.11. The molecule has 0 aliphatic rings. The summed E-state index contributed by atoms with van der Waals surface area (Å²) in [6, 6.07) is 0. The number of nitrogens with one attached hydrogen (secondary N) is 2. The molecule has 0 aromatic carbocycles. The Morgan fingerprint density at radius 1 is 1.45 bits per heavy atom. The first-order valence-electron chi connectivity index (χ1n) is 3.33. The second-order valence-corrected chi connectivity index (χ2v) is 1.12. The molecule has 6 nitrogen and oxygen atoms in total. The summed E-state index contributed by atoms with van der Waals surface area (Å²) in [7, 11) is 0. The Kier molecular flexibility index (Phi) is 12.9. The van der Waals surface area contributed by atoms with E-state index in [0.717, 1.165) is 0 Å². The Hall–Kier alpha value is -1.30. The van der Waals surface area contributed by atoms with Gasteiger partial charge in [0.2, 0.25) is 5.96 Å². The van der Waals surface area contributed by atoms with Gasteiger partial charge in [-0.3, -0.25) is 5.43 Å². The Labute approximate surface area is 66.7 Å². The van der Waals surface area contributed by atoms with Crippen LogP contribution in [-0.2, 0) is 0 Å².